The molecule has 0 radical (unpaired) electrons. The van der Waals surface area contributed by atoms with E-state index >= 15 is 0 Å². The lowest BCUT2D eigenvalue weighted by Gasteiger charge is -2.13. The van der Waals surface area contributed by atoms with Gasteiger partial charge >= 0.3 is 0 Å². The molecule has 5 rings (SSSR count). The highest BCUT2D eigenvalue weighted by atomic mass is 32.2. The van der Waals surface area contributed by atoms with Crippen LogP contribution in [0.4, 0.5) is 10.8 Å². The standard InChI is InChI=1S/C36H32N4O5S2/c1-23(33(41)40-36-39-30(22-46-36)25-10-6-4-7-11-25)47-28-17-15-27(16-18-28)37-35(43)29(38-34(42)26-12-8-5-9-13-26)20-24-14-19-31(44-2)32(21-24)45-3/h4-23H,1-3H3,(H,37,43)(H,38,42)(H,39,40,41)/b29-20-. The van der Waals surface area contributed by atoms with Gasteiger partial charge in [-0.15, -0.1) is 23.1 Å². The van der Waals surface area contributed by atoms with Crippen LogP contribution in [0.15, 0.2) is 119 Å². The number of methoxy groups -OCH3 is 2. The molecular weight excluding hydrogens is 633 g/mol. The molecule has 0 saturated carbocycles. The molecule has 3 amide bonds. The monoisotopic (exact) mass is 664 g/mol. The second kappa shape index (κ2) is 15.7. The van der Waals surface area contributed by atoms with Crippen molar-refractivity contribution >= 4 is 57.7 Å². The minimum Gasteiger partial charge on any atom is -0.493 e. The minimum absolute atomic E-state index is 0.0347. The fourth-order valence-electron chi connectivity index (χ4n) is 4.40. The number of rotatable bonds is 12. The van der Waals surface area contributed by atoms with E-state index in [9.17, 15) is 14.4 Å². The lowest BCUT2D eigenvalue weighted by molar-refractivity contribution is -0.115. The third-order valence-electron chi connectivity index (χ3n) is 6.85. The maximum atomic E-state index is 13.5. The number of hydrogen-bond donors (Lipinski definition) is 3. The number of amides is 3. The Balaban J connectivity index is 1.24. The lowest BCUT2D eigenvalue weighted by Crippen LogP contribution is -2.30. The molecule has 1 heterocycles. The predicted octanol–water partition coefficient (Wildman–Crippen LogP) is 7.36. The number of anilines is 2. The normalized spacial score (nSPS) is 11.7. The van der Waals surface area contributed by atoms with Gasteiger partial charge in [-0.05, 0) is 67.1 Å². The van der Waals surface area contributed by atoms with E-state index in [2.05, 4.69) is 20.9 Å². The molecule has 4 aromatic carbocycles. The molecule has 1 aromatic heterocycles. The first-order valence-electron chi connectivity index (χ1n) is 14.5. The first-order chi connectivity index (χ1) is 22.8. The number of thioether (sulfide) groups is 1. The number of carbonyl (C=O) groups is 3. The summed E-state index contributed by atoms with van der Waals surface area (Å²) < 4.78 is 10.7. The van der Waals surface area contributed by atoms with E-state index < -0.39 is 17.1 Å². The molecule has 0 bridgehead atoms. The summed E-state index contributed by atoms with van der Waals surface area (Å²) in [5.41, 5.74) is 3.37. The van der Waals surface area contributed by atoms with Gasteiger partial charge in [-0.3, -0.25) is 14.4 Å². The van der Waals surface area contributed by atoms with Crippen molar-refractivity contribution < 1.29 is 23.9 Å². The summed E-state index contributed by atoms with van der Waals surface area (Å²) in [4.78, 5) is 44.7. The van der Waals surface area contributed by atoms with E-state index in [-0.39, 0.29) is 11.6 Å². The van der Waals surface area contributed by atoms with Crippen molar-refractivity contribution in [1.82, 2.24) is 10.3 Å². The van der Waals surface area contributed by atoms with Crippen LogP contribution in [-0.4, -0.2) is 42.2 Å². The summed E-state index contributed by atoms with van der Waals surface area (Å²) in [6, 6.07) is 30.7. The number of thiazole rings is 1. The van der Waals surface area contributed by atoms with Crippen LogP contribution >= 0.6 is 23.1 Å². The van der Waals surface area contributed by atoms with E-state index in [1.807, 2.05) is 60.8 Å². The van der Waals surface area contributed by atoms with Crippen molar-refractivity contribution in [3.05, 3.63) is 125 Å². The number of nitrogens with zero attached hydrogens (tertiary/aromatic N) is 1. The zero-order valence-electron chi connectivity index (χ0n) is 25.9. The molecule has 0 saturated heterocycles. The van der Waals surface area contributed by atoms with Crippen LogP contribution in [0.5, 0.6) is 11.5 Å². The number of ether oxygens (including phenoxy) is 2. The van der Waals surface area contributed by atoms with Gasteiger partial charge in [0.1, 0.15) is 5.70 Å². The van der Waals surface area contributed by atoms with Crippen LogP contribution in [0.2, 0.25) is 0 Å². The molecule has 238 valence electrons. The summed E-state index contributed by atoms with van der Waals surface area (Å²) >= 11 is 2.76. The molecule has 11 heteroatoms. The molecular formula is C36H32N4O5S2. The lowest BCUT2D eigenvalue weighted by atomic mass is 10.1. The first kappa shape index (κ1) is 33.0. The molecule has 0 fully saturated rings. The zero-order chi connectivity index (χ0) is 33.2. The Kier molecular flexibility index (Phi) is 11.1. The first-order valence-corrected chi connectivity index (χ1v) is 16.3. The molecule has 9 nitrogen and oxygen atoms in total. The number of nitrogens with one attached hydrogen (secondary N) is 3. The van der Waals surface area contributed by atoms with Crippen molar-refractivity contribution in [2.45, 2.75) is 17.1 Å². The SMILES string of the molecule is COc1ccc(/C=C(\NC(=O)c2ccccc2)C(=O)Nc2ccc(SC(C)C(=O)Nc3nc(-c4ccccc4)cs3)cc2)cc1OC. The van der Waals surface area contributed by atoms with Crippen molar-refractivity contribution in [3.63, 3.8) is 0 Å². The van der Waals surface area contributed by atoms with Gasteiger partial charge in [0.15, 0.2) is 16.6 Å². The highest BCUT2D eigenvalue weighted by Crippen LogP contribution is 2.30. The average Bonchev–Trinajstić information content (AvgIpc) is 3.57. The van der Waals surface area contributed by atoms with E-state index in [1.54, 1.807) is 60.7 Å². The number of carbonyl (C=O) groups excluding carboxylic acids is 3. The summed E-state index contributed by atoms with van der Waals surface area (Å²) in [6.07, 6.45) is 1.56. The van der Waals surface area contributed by atoms with E-state index in [0.717, 1.165) is 16.2 Å². The average molecular weight is 665 g/mol. The van der Waals surface area contributed by atoms with E-state index in [0.29, 0.717) is 33.4 Å². The highest BCUT2D eigenvalue weighted by molar-refractivity contribution is 8.00. The molecule has 0 aliphatic carbocycles. The summed E-state index contributed by atoms with van der Waals surface area (Å²) in [5, 5.41) is 10.5. The largest absolute Gasteiger partial charge is 0.493 e. The summed E-state index contributed by atoms with van der Waals surface area (Å²) in [7, 11) is 3.06. The molecule has 47 heavy (non-hydrogen) atoms. The second-order valence-corrected chi connectivity index (χ2v) is 12.4. The third-order valence-corrected chi connectivity index (χ3v) is 8.72. The molecule has 5 aromatic rings. The number of hydrogen-bond acceptors (Lipinski definition) is 8. The Morgan fingerprint density at radius 1 is 0.830 bits per heavy atom. The molecule has 0 spiro atoms. The maximum absolute atomic E-state index is 13.5. The Bertz CT molecular complexity index is 1880. The van der Waals surface area contributed by atoms with Gasteiger partial charge in [0, 0.05) is 27.1 Å². The summed E-state index contributed by atoms with van der Waals surface area (Å²) in [6.45, 7) is 1.82. The minimum atomic E-state index is -0.518. The van der Waals surface area contributed by atoms with Crippen molar-refractivity contribution in [2.75, 3.05) is 24.9 Å². The number of benzene rings is 4. The van der Waals surface area contributed by atoms with Crippen LogP contribution < -0.4 is 25.4 Å². The Morgan fingerprint density at radius 2 is 1.51 bits per heavy atom. The van der Waals surface area contributed by atoms with Crippen molar-refractivity contribution in [1.29, 1.82) is 0 Å². The van der Waals surface area contributed by atoms with E-state index in [4.69, 9.17) is 9.47 Å². The Labute approximate surface area is 281 Å². The molecule has 0 aliphatic rings. The fraction of sp³-hybridized carbons (Fsp3) is 0.111. The van der Waals surface area contributed by atoms with Gasteiger partial charge in [0.25, 0.3) is 11.8 Å². The third kappa shape index (κ3) is 8.87. The smallest absolute Gasteiger partial charge is 0.272 e. The van der Waals surface area contributed by atoms with Gasteiger partial charge in [0.05, 0.1) is 25.2 Å². The van der Waals surface area contributed by atoms with Crippen LogP contribution in [0, 0.1) is 0 Å². The van der Waals surface area contributed by atoms with Gasteiger partial charge in [-0.2, -0.15) is 0 Å². The predicted molar refractivity (Wildman–Crippen MR) is 188 cm³/mol. The van der Waals surface area contributed by atoms with Crippen LogP contribution in [-0.2, 0) is 9.59 Å². The van der Waals surface area contributed by atoms with Crippen LogP contribution in [0.3, 0.4) is 0 Å². The quantitative estimate of drug-likeness (QED) is 0.0943. The van der Waals surface area contributed by atoms with Crippen molar-refractivity contribution in [3.8, 4) is 22.8 Å². The van der Waals surface area contributed by atoms with Crippen molar-refractivity contribution in [2.24, 2.45) is 0 Å². The van der Waals surface area contributed by atoms with Crippen LogP contribution in [0.1, 0.15) is 22.8 Å². The van der Waals surface area contributed by atoms with E-state index in [1.165, 1.54) is 37.3 Å². The maximum Gasteiger partial charge on any atom is 0.272 e. The topological polar surface area (TPSA) is 119 Å². The van der Waals surface area contributed by atoms with Gasteiger partial charge in [-0.25, -0.2) is 4.98 Å². The number of aromatic nitrogens is 1. The zero-order valence-corrected chi connectivity index (χ0v) is 27.5. The van der Waals surface area contributed by atoms with Gasteiger partial charge in [0.2, 0.25) is 5.91 Å². The molecule has 3 N–H and O–H groups in total. The second-order valence-electron chi connectivity index (χ2n) is 10.1. The van der Waals surface area contributed by atoms with Crippen LogP contribution in [0.25, 0.3) is 17.3 Å². The van der Waals surface area contributed by atoms with Gasteiger partial charge < -0.3 is 25.4 Å². The molecule has 1 atom stereocenters. The molecule has 1 unspecified atom stereocenters. The Morgan fingerprint density at radius 3 is 2.19 bits per heavy atom. The highest BCUT2D eigenvalue weighted by Gasteiger charge is 2.18. The Hall–Kier alpha value is -5.39. The van der Waals surface area contributed by atoms with Gasteiger partial charge in [-0.1, -0.05) is 54.6 Å². The molecule has 0 aliphatic heterocycles. The summed E-state index contributed by atoms with van der Waals surface area (Å²) in [5.74, 6) is -0.0967. The fourth-order valence-corrected chi connectivity index (χ4v) is 5.99.